The molecule has 4 nitrogen and oxygen atoms in total. The Kier molecular flexibility index (Phi) is 5.00. The van der Waals surface area contributed by atoms with E-state index in [1.807, 2.05) is 55.5 Å². The van der Waals surface area contributed by atoms with E-state index in [0.717, 1.165) is 16.7 Å². The van der Waals surface area contributed by atoms with Crippen LogP contribution in [0.1, 0.15) is 12.5 Å². The number of halogens is 2. The van der Waals surface area contributed by atoms with Crippen molar-refractivity contribution in [2.24, 2.45) is 5.10 Å². The number of para-hydroxylation sites is 1. The molecule has 0 aliphatic carbocycles. The normalized spacial score (nSPS) is 11.6. The largest absolute Gasteiger partial charge is 0.260 e. The van der Waals surface area contributed by atoms with Crippen molar-refractivity contribution in [3.8, 4) is 11.4 Å². The summed E-state index contributed by atoms with van der Waals surface area (Å²) in [5, 5.41) is 5.91. The summed E-state index contributed by atoms with van der Waals surface area (Å²) >= 11 is 5.94. The molecule has 0 fully saturated rings. The third-order valence-electron chi connectivity index (χ3n) is 4.31. The molecule has 1 aromatic heterocycles. The summed E-state index contributed by atoms with van der Waals surface area (Å²) in [6.07, 6.45) is 0. The number of nitrogens with zero attached hydrogens (tertiary/aromatic N) is 3. The maximum atomic E-state index is 14.2. The Labute approximate surface area is 166 Å². The molecule has 0 aliphatic rings. The molecular formula is C22H16ClFN4. The fraction of sp³-hybridized carbons (Fsp3) is 0.0455. The van der Waals surface area contributed by atoms with E-state index in [1.54, 1.807) is 18.2 Å². The molecule has 0 atom stereocenters. The van der Waals surface area contributed by atoms with E-state index < -0.39 is 0 Å². The SMILES string of the molecule is C/C(=N/Nc1nc(-c2ccccc2F)nc2ccccc12)c1ccc(Cl)cc1. The minimum Gasteiger partial charge on any atom is -0.260 e. The molecule has 4 aromatic rings. The van der Waals surface area contributed by atoms with Gasteiger partial charge in [0, 0.05) is 10.4 Å². The third kappa shape index (κ3) is 3.70. The Hall–Kier alpha value is -3.31. The van der Waals surface area contributed by atoms with Crippen LogP contribution in [0.3, 0.4) is 0 Å². The molecule has 0 saturated heterocycles. The zero-order chi connectivity index (χ0) is 19.5. The van der Waals surface area contributed by atoms with E-state index in [-0.39, 0.29) is 5.82 Å². The number of rotatable bonds is 4. The molecule has 28 heavy (non-hydrogen) atoms. The van der Waals surface area contributed by atoms with Gasteiger partial charge < -0.3 is 0 Å². The first-order valence-electron chi connectivity index (χ1n) is 8.70. The highest BCUT2D eigenvalue weighted by molar-refractivity contribution is 6.30. The van der Waals surface area contributed by atoms with Crippen LogP contribution in [0.4, 0.5) is 10.2 Å². The Morgan fingerprint density at radius 2 is 1.64 bits per heavy atom. The van der Waals surface area contributed by atoms with Crippen molar-refractivity contribution in [3.05, 3.63) is 89.2 Å². The molecule has 0 unspecified atom stereocenters. The fourth-order valence-corrected chi connectivity index (χ4v) is 2.94. The second-order valence-electron chi connectivity index (χ2n) is 6.21. The van der Waals surface area contributed by atoms with Gasteiger partial charge in [-0.25, -0.2) is 14.4 Å². The first-order chi connectivity index (χ1) is 13.6. The molecular weight excluding hydrogens is 375 g/mol. The minimum absolute atomic E-state index is 0.304. The van der Waals surface area contributed by atoms with Crippen molar-refractivity contribution in [2.45, 2.75) is 6.92 Å². The van der Waals surface area contributed by atoms with Gasteiger partial charge in [-0.15, -0.1) is 0 Å². The van der Waals surface area contributed by atoms with Crippen molar-refractivity contribution in [1.29, 1.82) is 0 Å². The van der Waals surface area contributed by atoms with Crippen molar-refractivity contribution in [2.75, 3.05) is 5.43 Å². The van der Waals surface area contributed by atoms with E-state index in [9.17, 15) is 4.39 Å². The van der Waals surface area contributed by atoms with Crippen LogP contribution in [0.25, 0.3) is 22.3 Å². The number of hydrogen-bond acceptors (Lipinski definition) is 4. The lowest BCUT2D eigenvalue weighted by Crippen LogP contribution is -2.03. The summed E-state index contributed by atoms with van der Waals surface area (Å²) in [7, 11) is 0. The van der Waals surface area contributed by atoms with Crippen LogP contribution < -0.4 is 5.43 Å². The number of anilines is 1. The molecule has 0 bridgehead atoms. The molecule has 0 amide bonds. The van der Waals surface area contributed by atoms with Gasteiger partial charge in [-0.3, -0.25) is 5.43 Å². The van der Waals surface area contributed by atoms with Crippen molar-refractivity contribution in [1.82, 2.24) is 9.97 Å². The summed E-state index contributed by atoms with van der Waals surface area (Å²) in [5.74, 6) is 0.445. The van der Waals surface area contributed by atoms with Crippen molar-refractivity contribution < 1.29 is 4.39 Å². The van der Waals surface area contributed by atoms with Crippen LogP contribution in [0.2, 0.25) is 5.02 Å². The zero-order valence-electron chi connectivity index (χ0n) is 15.0. The predicted molar refractivity (Wildman–Crippen MR) is 112 cm³/mol. The number of hydrazone groups is 1. The van der Waals surface area contributed by atoms with Gasteiger partial charge >= 0.3 is 0 Å². The Morgan fingerprint density at radius 1 is 0.929 bits per heavy atom. The maximum Gasteiger partial charge on any atom is 0.165 e. The average Bonchev–Trinajstić information content (AvgIpc) is 2.72. The average molecular weight is 391 g/mol. The maximum absolute atomic E-state index is 14.2. The summed E-state index contributed by atoms with van der Waals surface area (Å²) in [4.78, 5) is 9.03. The van der Waals surface area contributed by atoms with Crippen LogP contribution >= 0.6 is 11.6 Å². The van der Waals surface area contributed by atoms with Gasteiger partial charge in [-0.05, 0) is 48.9 Å². The summed E-state index contributed by atoms with van der Waals surface area (Å²) < 4.78 is 14.2. The molecule has 0 saturated carbocycles. The summed E-state index contributed by atoms with van der Waals surface area (Å²) in [6, 6.07) is 21.4. The monoisotopic (exact) mass is 390 g/mol. The highest BCUT2D eigenvalue weighted by atomic mass is 35.5. The standard InChI is InChI=1S/C22H16ClFN4/c1-14(15-10-12-16(23)13-11-15)27-28-22-18-7-3-5-9-20(18)25-21(26-22)17-6-2-4-8-19(17)24/h2-13H,1H3,(H,25,26,28)/b27-14-. The molecule has 0 radical (unpaired) electrons. The molecule has 138 valence electrons. The highest BCUT2D eigenvalue weighted by Gasteiger charge is 2.12. The molecule has 3 aromatic carbocycles. The van der Waals surface area contributed by atoms with Gasteiger partial charge in [0.25, 0.3) is 0 Å². The van der Waals surface area contributed by atoms with E-state index in [0.29, 0.717) is 27.7 Å². The Bertz CT molecular complexity index is 1170. The van der Waals surface area contributed by atoms with Gasteiger partial charge in [0.2, 0.25) is 0 Å². The molecule has 4 rings (SSSR count). The predicted octanol–water partition coefficient (Wildman–Crippen LogP) is 5.93. The van der Waals surface area contributed by atoms with Crippen LogP contribution in [-0.4, -0.2) is 15.7 Å². The fourth-order valence-electron chi connectivity index (χ4n) is 2.82. The lowest BCUT2D eigenvalue weighted by Gasteiger charge is -2.09. The topological polar surface area (TPSA) is 50.2 Å². The van der Waals surface area contributed by atoms with Crippen LogP contribution in [-0.2, 0) is 0 Å². The van der Waals surface area contributed by atoms with Gasteiger partial charge in [0.05, 0.1) is 16.8 Å². The van der Waals surface area contributed by atoms with E-state index >= 15 is 0 Å². The minimum atomic E-state index is -0.371. The quantitative estimate of drug-likeness (QED) is 0.347. The Balaban J connectivity index is 1.76. The van der Waals surface area contributed by atoms with E-state index in [1.165, 1.54) is 6.07 Å². The third-order valence-corrected chi connectivity index (χ3v) is 4.56. The second kappa shape index (κ2) is 7.74. The molecule has 1 heterocycles. The van der Waals surface area contributed by atoms with Gasteiger partial charge in [-0.2, -0.15) is 5.10 Å². The van der Waals surface area contributed by atoms with Crippen LogP contribution in [0.5, 0.6) is 0 Å². The van der Waals surface area contributed by atoms with E-state index in [2.05, 4.69) is 20.5 Å². The van der Waals surface area contributed by atoms with E-state index in [4.69, 9.17) is 11.6 Å². The lowest BCUT2D eigenvalue weighted by molar-refractivity contribution is 0.630. The smallest absolute Gasteiger partial charge is 0.165 e. The lowest BCUT2D eigenvalue weighted by atomic mass is 10.1. The number of nitrogens with one attached hydrogen (secondary N) is 1. The van der Waals surface area contributed by atoms with Gasteiger partial charge in [-0.1, -0.05) is 48.0 Å². The summed E-state index contributed by atoms with van der Waals surface area (Å²) in [6.45, 7) is 1.89. The van der Waals surface area contributed by atoms with Crippen molar-refractivity contribution >= 4 is 34.0 Å². The number of aromatic nitrogens is 2. The first kappa shape index (κ1) is 18.1. The van der Waals surface area contributed by atoms with Crippen LogP contribution in [0, 0.1) is 5.82 Å². The molecule has 1 N–H and O–H groups in total. The van der Waals surface area contributed by atoms with Crippen LogP contribution in [0.15, 0.2) is 77.9 Å². The molecule has 6 heteroatoms. The van der Waals surface area contributed by atoms with Gasteiger partial charge in [0.1, 0.15) is 5.82 Å². The molecule has 0 aliphatic heterocycles. The summed E-state index contributed by atoms with van der Waals surface area (Å²) in [5.41, 5.74) is 5.76. The number of hydrogen-bond donors (Lipinski definition) is 1. The second-order valence-corrected chi connectivity index (χ2v) is 6.65. The number of benzene rings is 3. The van der Waals surface area contributed by atoms with Gasteiger partial charge in [0.15, 0.2) is 11.6 Å². The zero-order valence-corrected chi connectivity index (χ0v) is 15.8. The molecule has 0 spiro atoms. The highest BCUT2D eigenvalue weighted by Crippen LogP contribution is 2.26. The first-order valence-corrected chi connectivity index (χ1v) is 9.07. The van der Waals surface area contributed by atoms with Crippen molar-refractivity contribution in [3.63, 3.8) is 0 Å². The Morgan fingerprint density at radius 3 is 2.43 bits per heavy atom. The number of fused-ring (bicyclic) bond motifs is 1.